The fourth-order valence-corrected chi connectivity index (χ4v) is 6.18. The van der Waals surface area contributed by atoms with Gasteiger partial charge in [0.05, 0.1) is 12.6 Å². The van der Waals surface area contributed by atoms with Crippen LogP contribution in [0.15, 0.2) is 54.6 Å². The van der Waals surface area contributed by atoms with Gasteiger partial charge in [-0.2, -0.15) is 0 Å². The molecule has 0 amide bonds. The number of carbonyl (C=O) groups is 1. The monoisotopic (exact) mass is 546 g/mol. The van der Waals surface area contributed by atoms with Crippen LogP contribution in [0.2, 0.25) is 0 Å². The van der Waals surface area contributed by atoms with Crippen LogP contribution < -0.4 is 20.1 Å². The van der Waals surface area contributed by atoms with Gasteiger partial charge in [0.2, 0.25) is 5.78 Å². The van der Waals surface area contributed by atoms with Crippen molar-refractivity contribution >= 4 is 32.9 Å². The Hall–Kier alpha value is -3.46. The van der Waals surface area contributed by atoms with E-state index in [2.05, 4.69) is 10.6 Å². The maximum Gasteiger partial charge on any atom is 0.207 e. The third-order valence-corrected chi connectivity index (χ3v) is 8.31. The summed E-state index contributed by atoms with van der Waals surface area (Å²) in [6.45, 7) is 6.12. The van der Waals surface area contributed by atoms with Crippen LogP contribution in [0.3, 0.4) is 0 Å². The number of halogens is 1. The number of rotatable bonds is 8. The molecule has 3 heterocycles. The molecule has 3 aromatic carbocycles. The van der Waals surface area contributed by atoms with E-state index in [1.54, 1.807) is 13.8 Å². The number of hydrogen-bond acceptors (Lipinski definition) is 7. The molecule has 0 radical (unpaired) electrons. The van der Waals surface area contributed by atoms with E-state index in [0.717, 1.165) is 48.1 Å². The fourth-order valence-electron chi connectivity index (χ4n) is 5.08. The second kappa shape index (κ2) is 11.0. The van der Waals surface area contributed by atoms with Crippen molar-refractivity contribution < 1.29 is 23.4 Å². The number of anilines is 1. The number of carbonyl (C=O) groups excluding carboxylic acids is 1. The number of nitrogens with one attached hydrogen (secondary N) is 2. The molecule has 0 aliphatic carbocycles. The Balaban J connectivity index is 1.36. The van der Waals surface area contributed by atoms with Crippen LogP contribution in [-0.4, -0.2) is 37.8 Å². The smallest absolute Gasteiger partial charge is 0.207 e. The summed E-state index contributed by atoms with van der Waals surface area (Å²) in [5.41, 5.74) is 2.71. The van der Waals surface area contributed by atoms with Gasteiger partial charge < -0.3 is 24.8 Å². The minimum atomic E-state index is -0.354. The van der Waals surface area contributed by atoms with Crippen molar-refractivity contribution in [2.75, 3.05) is 25.0 Å². The van der Waals surface area contributed by atoms with Crippen molar-refractivity contribution in [3.05, 3.63) is 82.0 Å². The maximum atomic E-state index is 14.0. The highest BCUT2D eigenvalue weighted by Gasteiger charge is 2.26. The summed E-state index contributed by atoms with van der Waals surface area (Å²) in [4.78, 5) is 14.4. The zero-order chi connectivity index (χ0) is 26.9. The van der Waals surface area contributed by atoms with Crippen LogP contribution in [0, 0.1) is 19.7 Å². The summed E-state index contributed by atoms with van der Waals surface area (Å²) in [7, 11) is 0. The lowest BCUT2D eigenvalue weighted by Crippen LogP contribution is -2.51. The van der Waals surface area contributed by atoms with Crippen LogP contribution in [0.25, 0.3) is 10.1 Å². The van der Waals surface area contributed by atoms with Gasteiger partial charge in [-0.05, 0) is 92.4 Å². The number of fused-ring (bicyclic) bond motifs is 1. The lowest BCUT2D eigenvalue weighted by Gasteiger charge is -2.29. The Morgan fingerprint density at radius 1 is 1.03 bits per heavy atom. The molecule has 2 aliphatic rings. The molecule has 2 aliphatic heterocycles. The molecule has 1 aromatic heterocycles. The van der Waals surface area contributed by atoms with Crippen molar-refractivity contribution in [3.63, 3.8) is 0 Å². The molecule has 202 valence electrons. The predicted molar refractivity (Wildman–Crippen MR) is 152 cm³/mol. The van der Waals surface area contributed by atoms with Gasteiger partial charge >= 0.3 is 0 Å². The first-order chi connectivity index (χ1) is 18.9. The molecule has 0 bridgehead atoms. The molecule has 1 atom stereocenters. The summed E-state index contributed by atoms with van der Waals surface area (Å²) in [5.74, 6) is 1.27. The molecule has 0 spiro atoms. The topological polar surface area (TPSA) is 68.8 Å². The van der Waals surface area contributed by atoms with Gasteiger partial charge in [0.25, 0.3) is 0 Å². The highest BCUT2D eigenvalue weighted by molar-refractivity contribution is 7.21. The molecule has 2 saturated heterocycles. The van der Waals surface area contributed by atoms with Gasteiger partial charge in [0.1, 0.15) is 22.2 Å². The van der Waals surface area contributed by atoms with Crippen LogP contribution in [0.5, 0.6) is 17.2 Å². The lowest BCUT2D eigenvalue weighted by molar-refractivity contribution is -0.105. The van der Waals surface area contributed by atoms with Crippen LogP contribution in [0.1, 0.15) is 45.6 Å². The van der Waals surface area contributed by atoms with Gasteiger partial charge in [0.15, 0.2) is 12.0 Å². The first-order valence-electron chi connectivity index (χ1n) is 13.4. The van der Waals surface area contributed by atoms with E-state index in [0.29, 0.717) is 51.5 Å². The molecular formula is C31H31FN2O4S. The zero-order valence-corrected chi connectivity index (χ0v) is 22.8. The number of ketones is 1. The minimum Gasteiger partial charge on any atom is -0.465 e. The average molecular weight is 547 g/mol. The van der Waals surface area contributed by atoms with Gasteiger partial charge in [0, 0.05) is 40.8 Å². The van der Waals surface area contributed by atoms with E-state index in [9.17, 15) is 9.18 Å². The van der Waals surface area contributed by atoms with E-state index in [-0.39, 0.29) is 17.9 Å². The number of thiophene rings is 1. The Bertz CT molecular complexity index is 1480. The molecule has 1 unspecified atom stereocenters. The van der Waals surface area contributed by atoms with Gasteiger partial charge in [-0.15, -0.1) is 11.3 Å². The van der Waals surface area contributed by atoms with E-state index < -0.39 is 0 Å². The van der Waals surface area contributed by atoms with Crippen LogP contribution in [0.4, 0.5) is 10.1 Å². The summed E-state index contributed by atoms with van der Waals surface area (Å²) in [5, 5.41) is 7.55. The molecule has 0 saturated carbocycles. The molecular weight excluding hydrogens is 515 g/mol. The van der Waals surface area contributed by atoms with Gasteiger partial charge in [-0.25, -0.2) is 4.39 Å². The second-order valence-corrected chi connectivity index (χ2v) is 11.3. The highest BCUT2D eigenvalue weighted by Crippen LogP contribution is 2.43. The average Bonchev–Trinajstić information content (AvgIpc) is 3.24. The minimum absolute atomic E-state index is 0.185. The predicted octanol–water partition coefficient (Wildman–Crippen LogP) is 6.97. The third-order valence-electron chi connectivity index (χ3n) is 7.18. The lowest BCUT2D eigenvalue weighted by atomic mass is 9.97. The SMILES string of the molecule is Cc1cc(F)cc(C)c1C(=O)c1sc2cc(OC3CCCCO3)ccc2c1Oc1ccc(NC2CNC2)cc1. The molecule has 6 rings (SSSR count). The van der Waals surface area contributed by atoms with Gasteiger partial charge in [-0.1, -0.05) is 0 Å². The summed E-state index contributed by atoms with van der Waals surface area (Å²) < 4.78 is 33.1. The number of ether oxygens (including phenoxy) is 3. The summed E-state index contributed by atoms with van der Waals surface area (Å²) in [6, 6.07) is 16.7. The van der Waals surface area contributed by atoms with Crippen molar-refractivity contribution in [1.29, 1.82) is 0 Å². The largest absolute Gasteiger partial charge is 0.465 e. The quantitative estimate of drug-likeness (QED) is 0.233. The first-order valence-corrected chi connectivity index (χ1v) is 14.2. The van der Waals surface area contributed by atoms with Crippen molar-refractivity contribution in [2.45, 2.75) is 45.4 Å². The number of hydrogen-bond donors (Lipinski definition) is 2. The van der Waals surface area contributed by atoms with Crippen LogP contribution in [-0.2, 0) is 4.74 Å². The van der Waals surface area contributed by atoms with Crippen molar-refractivity contribution in [1.82, 2.24) is 5.32 Å². The third kappa shape index (κ3) is 5.50. The molecule has 6 nitrogen and oxygen atoms in total. The van der Waals surface area contributed by atoms with Crippen molar-refractivity contribution in [2.24, 2.45) is 0 Å². The van der Waals surface area contributed by atoms with E-state index in [1.807, 2.05) is 42.5 Å². The Morgan fingerprint density at radius 2 is 1.77 bits per heavy atom. The Labute approximate surface area is 231 Å². The van der Waals surface area contributed by atoms with E-state index in [4.69, 9.17) is 14.2 Å². The zero-order valence-electron chi connectivity index (χ0n) is 22.0. The normalized spacial score (nSPS) is 17.6. The highest BCUT2D eigenvalue weighted by atomic mass is 32.1. The van der Waals surface area contributed by atoms with Crippen molar-refractivity contribution in [3.8, 4) is 17.2 Å². The summed E-state index contributed by atoms with van der Waals surface area (Å²) in [6.07, 6.45) is 2.71. The Kier molecular flexibility index (Phi) is 7.25. The van der Waals surface area contributed by atoms with E-state index in [1.165, 1.54) is 23.5 Å². The van der Waals surface area contributed by atoms with E-state index >= 15 is 0 Å². The molecule has 2 N–H and O–H groups in total. The molecule has 8 heteroatoms. The molecule has 4 aromatic rings. The number of benzene rings is 3. The fraction of sp³-hybridized carbons (Fsp3) is 0.323. The van der Waals surface area contributed by atoms with Crippen LogP contribution >= 0.6 is 11.3 Å². The first kappa shape index (κ1) is 25.8. The number of aryl methyl sites for hydroxylation is 2. The molecule has 2 fully saturated rings. The second-order valence-electron chi connectivity index (χ2n) is 10.2. The molecule has 39 heavy (non-hydrogen) atoms. The standard InChI is InChI=1S/C31H31FN2O4S/c1-18-13-20(32)14-19(2)28(18)29(35)31-30(38-23-8-6-21(7-9-23)34-22-16-33-17-22)25-11-10-24(15-26(25)39-31)37-27-5-3-4-12-36-27/h6-11,13-15,22,27,33-34H,3-5,12,16-17H2,1-2H3. The Morgan fingerprint density at radius 3 is 2.44 bits per heavy atom. The maximum absolute atomic E-state index is 14.0. The van der Waals surface area contributed by atoms with Gasteiger partial charge in [-0.3, -0.25) is 4.79 Å². The summed E-state index contributed by atoms with van der Waals surface area (Å²) >= 11 is 1.36.